The number of urea groups is 2. The van der Waals surface area contributed by atoms with Gasteiger partial charge in [-0.05, 0) is 117 Å². The number of hydrogen-bond acceptors (Lipinski definition) is 4. The average molecular weight is 659 g/mol. The normalized spacial score (nSPS) is 20.5. The van der Waals surface area contributed by atoms with Crippen LogP contribution < -0.4 is 20.4 Å². The molecule has 0 aromatic heterocycles. The van der Waals surface area contributed by atoms with Crippen molar-refractivity contribution >= 4 is 34.8 Å². The lowest BCUT2D eigenvalue weighted by atomic mass is 9.80. The van der Waals surface area contributed by atoms with Crippen LogP contribution >= 0.6 is 0 Å². The highest BCUT2D eigenvalue weighted by Crippen LogP contribution is 2.33. The van der Waals surface area contributed by atoms with Crippen LogP contribution in [0, 0.1) is 23.7 Å². The van der Waals surface area contributed by atoms with Gasteiger partial charge in [-0.25, -0.2) is 9.59 Å². The van der Waals surface area contributed by atoms with Gasteiger partial charge in [-0.1, -0.05) is 44.9 Å². The molecule has 48 heavy (non-hydrogen) atoms. The Hall–Kier alpha value is -3.42. The summed E-state index contributed by atoms with van der Waals surface area (Å²) in [6.45, 7) is 3.26. The molecule has 2 aromatic carbocycles. The van der Waals surface area contributed by atoms with E-state index in [1.54, 1.807) is 0 Å². The van der Waals surface area contributed by atoms with E-state index in [4.69, 9.17) is 0 Å². The van der Waals surface area contributed by atoms with Gasteiger partial charge in [0.05, 0.1) is 0 Å². The molecule has 0 saturated heterocycles. The predicted molar refractivity (Wildman–Crippen MR) is 201 cm³/mol. The van der Waals surface area contributed by atoms with Gasteiger partial charge in [0.15, 0.2) is 0 Å². The maximum Gasteiger partial charge on any atom is 0.321 e. The minimum absolute atomic E-state index is 0.0267. The molecule has 0 spiro atoms. The fourth-order valence-corrected chi connectivity index (χ4v) is 8.29. The van der Waals surface area contributed by atoms with Crippen molar-refractivity contribution in [2.45, 2.75) is 89.9 Å². The molecule has 5 rings (SSSR count). The van der Waals surface area contributed by atoms with Crippen molar-refractivity contribution in [3.63, 3.8) is 0 Å². The predicted octanol–water partition coefficient (Wildman–Crippen LogP) is 9.15. The maximum atomic E-state index is 13.8. The van der Waals surface area contributed by atoms with Crippen LogP contribution in [0.15, 0.2) is 48.5 Å². The number of carbonyl (C=O) groups excluding carboxylic acids is 2. The molecule has 0 bridgehead atoms. The van der Waals surface area contributed by atoms with E-state index in [1.165, 1.54) is 64.2 Å². The molecule has 2 aromatic rings. The van der Waals surface area contributed by atoms with E-state index in [1.807, 2.05) is 52.5 Å². The first-order valence-electron chi connectivity index (χ1n) is 18.9. The highest BCUT2D eigenvalue weighted by atomic mass is 16.2. The summed E-state index contributed by atoms with van der Waals surface area (Å²) >= 11 is 0. The Morgan fingerprint density at radius 2 is 0.833 bits per heavy atom. The summed E-state index contributed by atoms with van der Waals surface area (Å²) in [5.41, 5.74) is 3.94. The summed E-state index contributed by atoms with van der Waals surface area (Å²) in [4.78, 5) is 36.1. The zero-order valence-electron chi connectivity index (χ0n) is 30.3. The van der Waals surface area contributed by atoms with Gasteiger partial charge in [0.25, 0.3) is 0 Å². The average Bonchev–Trinajstić information content (AvgIpc) is 3.09. The molecule has 3 aliphatic carbocycles. The third kappa shape index (κ3) is 10.8. The fourth-order valence-electron chi connectivity index (χ4n) is 8.29. The first-order chi connectivity index (χ1) is 23.2. The first-order valence-corrected chi connectivity index (χ1v) is 18.9. The summed E-state index contributed by atoms with van der Waals surface area (Å²) in [5.74, 6) is 2.07. The molecule has 3 fully saturated rings. The zero-order chi connectivity index (χ0) is 33.9. The van der Waals surface area contributed by atoms with Gasteiger partial charge in [0, 0.05) is 77.1 Å². The minimum atomic E-state index is 0.0267. The number of amides is 4. The van der Waals surface area contributed by atoms with Crippen molar-refractivity contribution in [2.24, 2.45) is 23.7 Å². The topological polar surface area (TPSA) is 71.2 Å². The molecule has 2 N–H and O–H groups in total. The Bertz CT molecular complexity index is 1170. The van der Waals surface area contributed by atoms with Gasteiger partial charge in [-0.15, -0.1) is 0 Å². The van der Waals surface area contributed by atoms with Crippen LogP contribution in [0.4, 0.5) is 32.3 Å². The van der Waals surface area contributed by atoms with Crippen LogP contribution in [0.5, 0.6) is 0 Å². The number of anilines is 4. The smallest absolute Gasteiger partial charge is 0.321 e. The number of hydrogen-bond donors (Lipinski definition) is 2. The molecule has 3 saturated carbocycles. The lowest BCUT2D eigenvalue weighted by Gasteiger charge is -2.38. The Labute approximate surface area is 290 Å². The van der Waals surface area contributed by atoms with Crippen molar-refractivity contribution < 1.29 is 9.59 Å². The standard InChI is InChI=1S/C40H62N6O2/c1-43(2)37-22-18-35(19-23-37)41-39(47)45(27-31-12-7-5-8-13-31)29-33-16-11-17-34(26-33)30-46(28-32-14-9-6-10-15-32)40(48)42-36-20-24-38(25-21-36)44(3)4/h18-25,31-34H,5-17,26-30H2,1-4H3,(H,41,47)(H,42,48). The Kier molecular flexibility index (Phi) is 13.3. The zero-order valence-corrected chi connectivity index (χ0v) is 30.3. The van der Waals surface area contributed by atoms with E-state index in [0.29, 0.717) is 23.7 Å². The minimum Gasteiger partial charge on any atom is -0.378 e. The van der Waals surface area contributed by atoms with E-state index in [0.717, 1.165) is 74.6 Å². The number of nitrogens with one attached hydrogen (secondary N) is 2. The van der Waals surface area contributed by atoms with Gasteiger partial charge in [-0.2, -0.15) is 0 Å². The Morgan fingerprint density at radius 3 is 1.19 bits per heavy atom. The van der Waals surface area contributed by atoms with E-state index < -0.39 is 0 Å². The molecule has 8 nitrogen and oxygen atoms in total. The van der Waals surface area contributed by atoms with Crippen LogP contribution in [0.3, 0.4) is 0 Å². The summed E-state index contributed by atoms with van der Waals surface area (Å²) in [7, 11) is 8.12. The monoisotopic (exact) mass is 658 g/mol. The molecule has 2 unspecified atom stereocenters. The van der Waals surface area contributed by atoms with Crippen LogP contribution in [0.1, 0.15) is 89.9 Å². The van der Waals surface area contributed by atoms with E-state index in [9.17, 15) is 9.59 Å². The van der Waals surface area contributed by atoms with Crippen LogP contribution in [-0.4, -0.2) is 76.2 Å². The molecule has 0 radical (unpaired) electrons. The van der Waals surface area contributed by atoms with Crippen molar-refractivity contribution in [3.05, 3.63) is 48.5 Å². The van der Waals surface area contributed by atoms with Crippen LogP contribution in [0.2, 0.25) is 0 Å². The summed E-state index contributed by atoms with van der Waals surface area (Å²) < 4.78 is 0. The van der Waals surface area contributed by atoms with E-state index in [2.05, 4.69) is 54.5 Å². The molecule has 264 valence electrons. The van der Waals surface area contributed by atoms with Gasteiger partial charge < -0.3 is 30.2 Å². The summed E-state index contributed by atoms with van der Waals surface area (Å²) in [6, 6.07) is 16.3. The van der Waals surface area contributed by atoms with Gasteiger partial charge in [0.2, 0.25) is 0 Å². The second kappa shape index (κ2) is 17.8. The second-order valence-electron chi connectivity index (χ2n) is 15.5. The number of rotatable bonds is 12. The van der Waals surface area contributed by atoms with Crippen molar-refractivity contribution in [1.29, 1.82) is 0 Å². The van der Waals surface area contributed by atoms with E-state index in [-0.39, 0.29) is 12.1 Å². The lowest BCUT2D eigenvalue weighted by molar-refractivity contribution is 0.135. The van der Waals surface area contributed by atoms with Gasteiger partial charge in [-0.3, -0.25) is 0 Å². The van der Waals surface area contributed by atoms with Crippen LogP contribution in [0.25, 0.3) is 0 Å². The highest BCUT2D eigenvalue weighted by Gasteiger charge is 2.31. The van der Waals surface area contributed by atoms with Crippen molar-refractivity contribution in [2.75, 3.05) is 74.8 Å². The Balaban J connectivity index is 1.23. The number of carbonyl (C=O) groups is 2. The number of nitrogens with zero attached hydrogens (tertiary/aromatic N) is 4. The molecule has 3 aliphatic rings. The molecule has 8 heteroatoms. The molecular formula is C40H62N6O2. The van der Waals surface area contributed by atoms with Gasteiger partial charge in [0.1, 0.15) is 0 Å². The molecule has 0 heterocycles. The summed E-state index contributed by atoms with van der Waals surface area (Å²) in [6.07, 6.45) is 17.1. The third-order valence-electron chi connectivity index (χ3n) is 11.1. The summed E-state index contributed by atoms with van der Waals surface area (Å²) in [5, 5.41) is 6.46. The van der Waals surface area contributed by atoms with Crippen LogP contribution in [-0.2, 0) is 0 Å². The quantitative estimate of drug-likeness (QED) is 0.239. The first kappa shape index (κ1) is 35.9. The fraction of sp³-hybridized carbons (Fsp3) is 0.650. The SMILES string of the molecule is CN(C)c1ccc(NC(=O)N(CC2CCCCC2)CC2CCCC(CN(CC3CCCCC3)C(=O)Nc3ccc(N(C)C)cc3)C2)cc1. The van der Waals surface area contributed by atoms with Gasteiger partial charge >= 0.3 is 12.1 Å². The Morgan fingerprint density at radius 1 is 0.500 bits per heavy atom. The third-order valence-corrected chi connectivity index (χ3v) is 11.1. The molecular weight excluding hydrogens is 596 g/mol. The maximum absolute atomic E-state index is 13.8. The van der Waals surface area contributed by atoms with E-state index >= 15 is 0 Å². The lowest BCUT2D eigenvalue weighted by Crippen LogP contribution is -2.45. The molecule has 0 aliphatic heterocycles. The van der Waals surface area contributed by atoms with Crippen molar-refractivity contribution in [3.8, 4) is 0 Å². The molecule has 4 amide bonds. The highest BCUT2D eigenvalue weighted by molar-refractivity contribution is 5.90. The second-order valence-corrected chi connectivity index (χ2v) is 15.5. The molecule has 2 atom stereocenters. The van der Waals surface area contributed by atoms with Crippen molar-refractivity contribution in [1.82, 2.24) is 9.80 Å². The largest absolute Gasteiger partial charge is 0.378 e. The number of benzene rings is 2.